The summed E-state index contributed by atoms with van der Waals surface area (Å²) in [5.74, 6) is 1.15. The van der Waals surface area contributed by atoms with Crippen LogP contribution >= 0.6 is 0 Å². The number of carbonyl (C=O) groups is 1. The van der Waals surface area contributed by atoms with Crippen molar-refractivity contribution in [1.29, 1.82) is 0 Å². The number of aromatic nitrogens is 3. The van der Waals surface area contributed by atoms with E-state index in [1.54, 1.807) is 6.20 Å². The van der Waals surface area contributed by atoms with Crippen LogP contribution in [0, 0.1) is 0 Å². The van der Waals surface area contributed by atoms with Crippen LogP contribution in [0.3, 0.4) is 0 Å². The van der Waals surface area contributed by atoms with E-state index in [-0.39, 0.29) is 18.0 Å². The maximum absolute atomic E-state index is 12.1. The number of likely N-dealkylation sites (N-methyl/N-ethyl adjacent to an activating group) is 1. The fourth-order valence-electron chi connectivity index (χ4n) is 3.23. The maximum atomic E-state index is 12.1. The molecule has 6 nitrogen and oxygen atoms in total. The predicted octanol–water partition coefficient (Wildman–Crippen LogP) is 1.92. The molecule has 122 valence electrons. The second-order valence-electron chi connectivity index (χ2n) is 6.27. The van der Waals surface area contributed by atoms with Gasteiger partial charge >= 0.3 is 0 Å². The summed E-state index contributed by atoms with van der Waals surface area (Å²) < 4.78 is 2.15. The highest BCUT2D eigenvalue weighted by Crippen LogP contribution is 2.31. The molecule has 1 saturated heterocycles. The van der Waals surface area contributed by atoms with Gasteiger partial charge in [0.2, 0.25) is 5.91 Å². The van der Waals surface area contributed by atoms with E-state index in [4.69, 9.17) is 0 Å². The predicted molar refractivity (Wildman–Crippen MR) is 87.6 cm³/mol. The lowest BCUT2D eigenvalue weighted by Gasteiger charge is -2.26. The number of carbonyl (C=O) groups excluding carboxylic acids is 1. The molecule has 2 aromatic heterocycles. The van der Waals surface area contributed by atoms with Gasteiger partial charge in [0.25, 0.3) is 0 Å². The Hall–Kier alpha value is -2.21. The van der Waals surface area contributed by atoms with Gasteiger partial charge in [0.1, 0.15) is 5.82 Å². The average Bonchev–Trinajstić information content (AvgIpc) is 3.12. The third kappa shape index (κ3) is 3.12. The molecule has 0 radical (unpaired) electrons. The number of pyridine rings is 1. The quantitative estimate of drug-likeness (QED) is 0.916. The molecule has 1 amide bonds. The topological polar surface area (TPSA) is 63.1 Å². The van der Waals surface area contributed by atoms with Gasteiger partial charge in [-0.15, -0.1) is 0 Å². The molecule has 6 heteroatoms. The van der Waals surface area contributed by atoms with Gasteiger partial charge in [0.15, 0.2) is 0 Å². The second-order valence-corrected chi connectivity index (χ2v) is 6.27. The summed E-state index contributed by atoms with van der Waals surface area (Å²) in [6.07, 6.45) is 7.90. The number of hydrogen-bond acceptors (Lipinski definition) is 4. The fraction of sp³-hybridized carbons (Fsp3) is 0.471. The number of hydrogen-bond donors (Lipinski definition) is 1. The van der Waals surface area contributed by atoms with Gasteiger partial charge in [0.05, 0.1) is 12.6 Å². The van der Waals surface area contributed by atoms with Crippen LogP contribution in [0.4, 0.5) is 0 Å². The van der Waals surface area contributed by atoms with E-state index in [9.17, 15) is 4.79 Å². The van der Waals surface area contributed by atoms with E-state index in [0.717, 1.165) is 11.4 Å². The molecule has 3 rings (SSSR count). The molecule has 2 aromatic rings. The largest absolute Gasteiger partial charge is 0.337 e. The lowest BCUT2D eigenvalue weighted by atomic mass is 10.0. The second kappa shape index (κ2) is 6.50. The van der Waals surface area contributed by atoms with Crippen molar-refractivity contribution in [2.24, 2.45) is 0 Å². The van der Waals surface area contributed by atoms with Gasteiger partial charge in [-0.2, -0.15) is 0 Å². The maximum Gasteiger partial charge on any atom is 0.224 e. The van der Waals surface area contributed by atoms with Crippen molar-refractivity contribution in [2.45, 2.75) is 44.9 Å². The first-order chi connectivity index (χ1) is 11.1. The Kier molecular flexibility index (Phi) is 4.43. The highest BCUT2D eigenvalue weighted by Gasteiger charge is 2.38. The van der Waals surface area contributed by atoms with Gasteiger partial charge in [-0.25, -0.2) is 4.98 Å². The van der Waals surface area contributed by atoms with Gasteiger partial charge in [-0.05, 0) is 25.5 Å². The minimum atomic E-state index is 0.0127. The van der Waals surface area contributed by atoms with Crippen LogP contribution in [0.5, 0.6) is 0 Å². The Morgan fingerprint density at radius 2 is 2.22 bits per heavy atom. The highest BCUT2D eigenvalue weighted by molar-refractivity contribution is 5.80. The van der Waals surface area contributed by atoms with E-state index in [2.05, 4.69) is 33.7 Å². The first-order valence-electron chi connectivity index (χ1n) is 7.98. The van der Waals surface area contributed by atoms with Gasteiger partial charge in [0, 0.05) is 50.3 Å². The molecule has 1 aliphatic rings. The minimum absolute atomic E-state index is 0.0127. The molecule has 3 heterocycles. The van der Waals surface area contributed by atoms with Crippen LogP contribution in [-0.4, -0.2) is 38.4 Å². The summed E-state index contributed by atoms with van der Waals surface area (Å²) in [5.41, 5.74) is 1.06. The smallest absolute Gasteiger partial charge is 0.224 e. The number of amides is 1. The Labute approximate surface area is 136 Å². The van der Waals surface area contributed by atoms with Crippen LogP contribution in [0.25, 0.3) is 0 Å². The number of imidazole rings is 1. The van der Waals surface area contributed by atoms with E-state index in [1.165, 1.54) is 0 Å². The Morgan fingerprint density at radius 3 is 2.91 bits per heavy atom. The zero-order valence-electron chi connectivity index (χ0n) is 13.8. The summed E-state index contributed by atoms with van der Waals surface area (Å²) in [6, 6.07) is 4.38. The van der Waals surface area contributed by atoms with E-state index in [1.807, 2.05) is 42.7 Å². The summed E-state index contributed by atoms with van der Waals surface area (Å²) in [5, 5.41) is 3.52. The molecule has 1 aliphatic heterocycles. The standard InChI is InChI=1S/C17H23N5O/c1-12(2)22-8-7-19-15(22)11-20-14-9-16(23)21(3)17(14)13-5-4-6-18-10-13/h4-8,10,12,14,17,20H,9,11H2,1-3H3/t14-,17+/m1/s1. The summed E-state index contributed by atoms with van der Waals surface area (Å²) in [6.45, 7) is 4.92. The molecule has 1 N–H and O–H groups in total. The zero-order chi connectivity index (χ0) is 16.4. The Bertz CT molecular complexity index is 667. The van der Waals surface area contributed by atoms with Crippen LogP contribution in [0.1, 0.15) is 43.7 Å². The van der Waals surface area contributed by atoms with Crippen molar-refractivity contribution >= 4 is 5.91 Å². The lowest BCUT2D eigenvalue weighted by molar-refractivity contribution is -0.127. The van der Waals surface area contributed by atoms with Gasteiger partial charge < -0.3 is 14.8 Å². The van der Waals surface area contributed by atoms with Crippen LogP contribution in [0.15, 0.2) is 36.9 Å². The van der Waals surface area contributed by atoms with Crippen molar-refractivity contribution in [3.63, 3.8) is 0 Å². The third-order valence-electron chi connectivity index (χ3n) is 4.44. The number of nitrogens with zero attached hydrogens (tertiary/aromatic N) is 4. The number of rotatable bonds is 5. The molecule has 23 heavy (non-hydrogen) atoms. The van der Waals surface area contributed by atoms with Crippen LogP contribution in [-0.2, 0) is 11.3 Å². The van der Waals surface area contributed by atoms with Crippen molar-refractivity contribution in [3.05, 3.63) is 48.3 Å². The van der Waals surface area contributed by atoms with Crippen molar-refractivity contribution in [2.75, 3.05) is 7.05 Å². The molecule has 0 spiro atoms. The van der Waals surface area contributed by atoms with Crippen LogP contribution < -0.4 is 5.32 Å². The van der Waals surface area contributed by atoms with E-state index >= 15 is 0 Å². The van der Waals surface area contributed by atoms with E-state index in [0.29, 0.717) is 19.0 Å². The lowest BCUT2D eigenvalue weighted by Crippen LogP contribution is -2.35. The normalized spacial score (nSPS) is 21.4. The molecule has 0 bridgehead atoms. The first kappa shape index (κ1) is 15.7. The summed E-state index contributed by atoms with van der Waals surface area (Å²) >= 11 is 0. The van der Waals surface area contributed by atoms with Crippen molar-refractivity contribution < 1.29 is 4.79 Å². The van der Waals surface area contributed by atoms with Crippen molar-refractivity contribution in [1.82, 2.24) is 24.8 Å². The Balaban J connectivity index is 1.75. The molecular weight excluding hydrogens is 290 g/mol. The zero-order valence-corrected chi connectivity index (χ0v) is 13.8. The first-order valence-corrected chi connectivity index (χ1v) is 7.98. The monoisotopic (exact) mass is 313 g/mol. The Morgan fingerprint density at radius 1 is 1.39 bits per heavy atom. The van der Waals surface area contributed by atoms with Gasteiger partial charge in [-0.3, -0.25) is 9.78 Å². The molecule has 0 unspecified atom stereocenters. The summed E-state index contributed by atoms with van der Waals surface area (Å²) in [4.78, 5) is 22.6. The average molecular weight is 313 g/mol. The SMILES string of the molecule is CC(C)n1ccnc1CN[C@@H]1CC(=O)N(C)[C@H]1c1cccnc1. The van der Waals surface area contributed by atoms with Crippen molar-refractivity contribution in [3.8, 4) is 0 Å². The molecule has 0 aliphatic carbocycles. The number of likely N-dealkylation sites (tertiary alicyclic amines) is 1. The third-order valence-corrected chi connectivity index (χ3v) is 4.44. The molecule has 0 aromatic carbocycles. The van der Waals surface area contributed by atoms with E-state index < -0.39 is 0 Å². The number of nitrogens with one attached hydrogen (secondary N) is 1. The molecule has 1 fully saturated rings. The fourth-order valence-corrected chi connectivity index (χ4v) is 3.23. The van der Waals surface area contributed by atoms with Crippen LogP contribution in [0.2, 0.25) is 0 Å². The molecule has 2 atom stereocenters. The van der Waals surface area contributed by atoms with Gasteiger partial charge in [-0.1, -0.05) is 6.07 Å². The minimum Gasteiger partial charge on any atom is -0.337 e. The molecular formula is C17H23N5O. The summed E-state index contributed by atoms with van der Waals surface area (Å²) in [7, 11) is 1.86. The molecule has 0 saturated carbocycles. The highest BCUT2D eigenvalue weighted by atomic mass is 16.2.